The van der Waals surface area contributed by atoms with E-state index in [1.807, 2.05) is 0 Å². The van der Waals surface area contributed by atoms with Crippen LogP contribution in [-0.4, -0.2) is 10.7 Å². The van der Waals surface area contributed by atoms with Gasteiger partial charge in [0.15, 0.2) is 0 Å². The van der Waals surface area contributed by atoms with Gasteiger partial charge in [-0.1, -0.05) is 18.2 Å². The van der Waals surface area contributed by atoms with Crippen LogP contribution in [0.4, 0.5) is 0 Å². The molecule has 1 aromatic carbocycles. The standard InChI is InChI=1S/C13H16O/c14-13(6-7-13)9-10-4-5-11-2-1-3-12(11)8-10/h4-5,8,14H,1-3,6-7,9H2. The van der Waals surface area contributed by atoms with Crippen molar-refractivity contribution in [2.24, 2.45) is 0 Å². The van der Waals surface area contributed by atoms with Gasteiger partial charge in [0.05, 0.1) is 5.60 Å². The summed E-state index contributed by atoms with van der Waals surface area (Å²) in [5.74, 6) is 0. The lowest BCUT2D eigenvalue weighted by molar-refractivity contribution is 0.151. The Balaban J connectivity index is 1.85. The van der Waals surface area contributed by atoms with Crippen LogP contribution < -0.4 is 0 Å². The molecule has 3 rings (SSSR count). The molecule has 0 heterocycles. The third-order valence-electron chi connectivity index (χ3n) is 3.52. The Morgan fingerprint density at radius 3 is 2.71 bits per heavy atom. The predicted octanol–water partition coefficient (Wildman–Crippen LogP) is 2.24. The van der Waals surface area contributed by atoms with Gasteiger partial charge < -0.3 is 5.11 Å². The van der Waals surface area contributed by atoms with Crippen molar-refractivity contribution in [3.63, 3.8) is 0 Å². The minimum Gasteiger partial charge on any atom is -0.390 e. The molecular formula is C13H16O. The van der Waals surface area contributed by atoms with E-state index in [1.54, 1.807) is 0 Å². The maximum absolute atomic E-state index is 9.83. The fourth-order valence-corrected chi connectivity index (χ4v) is 2.44. The number of hydrogen-bond donors (Lipinski definition) is 1. The number of hydrogen-bond acceptors (Lipinski definition) is 1. The van der Waals surface area contributed by atoms with E-state index in [9.17, 15) is 5.11 Å². The van der Waals surface area contributed by atoms with Crippen molar-refractivity contribution in [2.75, 3.05) is 0 Å². The van der Waals surface area contributed by atoms with Crippen LogP contribution >= 0.6 is 0 Å². The van der Waals surface area contributed by atoms with Crippen LogP contribution in [0.25, 0.3) is 0 Å². The lowest BCUT2D eigenvalue weighted by Crippen LogP contribution is -2.10. The molecule has 1 fully saturated rings. The smallest absolute Gasteiger partial charge is 0.0690 e. The van der Waals surface area contributed by atoms with Gasteiger partial charge in [-0.3, -0.25) is 0 Å². The summed E-state index contributed by atoms with van der Waals surface area (Å²) in [5.41, 5.74) is 4.03. The van der Waals surface area contributed by atoms with Crippen LogP contribution in [0.15, 0.2) is 18.2 Å². The van der Waals surface area contributed by atoms with E-state index in [4.69, 9.17) is 0 Å². The van der Waals surface area contributed by atoms with Crippen LogP contribution in [0.2, 0.25) is 0 Å². The number of rotatable bonds is 2. The molecule has 0 aromatic heterocycles. The first-order valence-electron chi connectivity index (χ1n) is 5.58. The zero-order valence-electron chi connectivity index (χ0n) is 8.42. The van der Waals surface area contributed by atoms with Gasteiger partial charge >= 0.3 is 0 Å². The molecule has 0 aliphatic heterocycles. The van der Waals surface area contributed by atoms with Crippen LogP contribution in [0.3, 0.4) is 0 Å². The third kappa shape index (κ3) is 1.46. The summed E-state index contributed by atoms with van der Waals surface area (Å²) < 4.78 is 0. The topological polar surface area (TPSA) is 20.2 Å². The van der Waals surface area contributed by atoms with Crippen LogP contribution in [0.5, 0.6) is 0 Å². The highest BCUT2D eigenvalue weighted by Crippen LogP contribution is 2.38. The van der Waals surface area contributed by atoms with Gasteiger partial charge in [0.25, 0.3) is 0 Å². The van der Waals surface area contributed by atoms with Gasteiger partial charge in [-0.15, -0.1) is 0 Å². The largest absolute Gasteiger partial charge is 0.390 e. The second-order valence-corrected chi connectivity index (χ2v) is 4.86. The molecule has 1 N–H and O–H groups in total. The van der Waals surface area contributed by atoms with Gasteiger partial charge in [-0.25, -0.2) is 0 Å². The second-order valence-electron chi connectivity index (χ2n) is 4.86. The molecule has 2 aliphatic rings. The molecule has 74 valence electrons. The summed E-state index contributed by atoms with van der Waals surface area (Å²) in [6.07, 6.45) is 6.64. The minimum absolute atomic E-state index is 0.340. The van der Waals surface area contributed by atoms with Crippen LogP contribution in [0, 0.1) is 0 Å². The van der Waals surface area contributed by atoms with Crippen molar-refractivity contribution in [1.82, 2.24) is 0 Å². The minimum atomic E-state index is -0.340. The normalized spacial score (nSPS) is 22.1. The molecule has 1 saturated carbocycles. The number of aliphatic hydroxyl groups is 1. The zero-order valence-corrected chi connectivity index (χ0v) is 8.42. The molecule has 1 aromatic rings. The Kier molecular flexibility index (Phi) is 1.72. The molecule has 0 spiro atoms. The van der Waals surface area contributed by atoms with E-state index in [-0.39, 0.29) is 5.60 Å². The Morgan fingerprint density at radius 2 is 1.93 bits per heavy atom. The van der Waals surface area contributed by atoms with Crippen molar-refractivity contribution in [2.45, 2.75) is 44.1 Å². The van der Waals surface area contributed by atoms with Crippen molar-refractivity contribution < 1.29 is 5.11 Å². The van der Waals surface area contributed by atoms with Gasteiger partial charge in [-0.05, 0) is 48.8 Å². The van der Waals surface area contributed by atoms with Gasteiger partial charge in [0, 0.05) is 6.42 Å². The van der Waals surface area contributed by atoms with Crippen molar-refractivity contribution in [3.05, 3.63) is 34.9 Å². The number of fused-ring (bicyclic) bond motifs is 1. The van der Waals surface area contributed by atoms with Crippen molar-refractivity contribution in [3.8, 4) is 0 Å². The third-order valence-corrected chi connectivity index (χ3v) is 3.52. The average molecular weight is 188 g/mol. The first-order valence-corrected chi connectivity index (χ1v) is 5.58. The van der Waals surface area contributed by atoms with E-state index in [1.165, 1.54) is 36.0 Å². The maximum Gasteiger partial charge on any atom is 0.0690 e. The highest BCUT2D eigenvalue weighted by atomic mass is 16.3. The zero-order chi connectivity index (χ0) is 9.60. The molecule has 0 bridgehead atoms. The Morgan fingerprint density at radius 1 is 1.14 bits per heavy atom. The molecule has 0 unspecified atom stereocenters. The molecule has 0 saturated heterocycles. The molecule has 1 nitrogen and oxygen atoms in total. The summed E-state index contributed by atoms with van der Waals surface area (Å²) in [7, 11) is 0. The van der Waals surface area contributed by atoms with Gasteiger partial charge in [-0.2, -0.15) is 0 Å². The van der Waals surface area contributed by atoms with Crippen molar-refractivity contribution in [1.29, 1.82) is 0 Å². The molecule has 2 aliphatic carbocycles. The summed E-state index contributed by atoms with van der Waals surface area (Å²) >= 11 is 0. The SMILES string of the molecule is OC1(Cc2ccc3c(c2)CCC3)CC1. The number of aryl methyl sites for hydroxylation is 2. The Bertz CT molecular complexity index is 363. The summed E-state index contributed by atoms with van der Waals surface area (Å²) in [5, 5.41) is 9.83. The van der Waals surface area contributed by atoms with E-state index < -0.39 is 0 Å². The molecule has 0 radical (unpaired) electrons. The molecule has 14 heavy (non-hydrogen) atoms. The number of benzene rings is 1. The first kappa shape index (κ1) is 8.49. The molecule has 0 atom stereocenters. The monoisotopic (exact) mass is 188 g/mol. The fourth-order valence-electron chi connectivity index (χ4n) is 2.44. The molecule has 0 amide bonds. The lowest BCUT2D eigenvalue weighted by Gasteiger charge is -2.09. The summed E-state index contributed by atoms with van der Waals surface area (Å²) in [6.45, 7) is 0. The average Bonchev–Trinajstić information content (AvgIpc) is 2.73. The van der Waals surface area contributed by atoms with Crippen molar-refractivity contribution >= 4 is 0 Å². The summed E-state index contributed by atoms with van der Waals surface area (Å²) in [6, 6.07) is 6.75. The molecular weight excluding hydrogens is 172 g/mol. The van der Waals surface area contributed by atoms with E-state index in [0.717, 1.165) is 19.3 Å². The van der Waals surface area contributed by atoms with Gasteiger partial charge in [0.1, 0.15) is 0 Å². The van der Waals surface area contributed by atoms with Gasteiger partial charge in [0.2, 0.25) is 0 Å². The maximum atomic E-state index is 9.83. The summed E-state index contributed by atoms with van der Waals surface area (Å²) in [4.78, 5) is 0. The fraction of sp³-hybridized carbons (Fsp3) is 0.538. The molecule has 1 heteroatoms. The second kappa shape index (κ2) is 2.83. The van der Waals surface area contributed by atoms with E-state index in [2.05, 4.69) is 18.2 Å². The highest BCUT2D eigenvalue weighted by Gasteiger charge is 2.40. The van der Waals surface area contributed by atoms with E-state index >= 15 is 0 Å². The first-order chi connectivity index (χ1) is 6.75. The Hall–Kier alpha value is -0.820. The Labute approximate surface area is 84.8 Å². The van der Waals surface area contributed by atoms with Crippen LogP contribution in [-0.2, 0) is 19.3 Å². The quantitative estimate of drug-likeness (QED) is 0.754. The van der Waals surface area contributed by atoms with E-state index in [0.29, 0.717) is 0 Å². The van der Waals surface area contributed by atoms with Crippen LogP contribution in [0.1, 0.15) is 36.0 Å². The highest BCUT2D eigenvalue weighted by molar-refractivity contribution is 5.36. The lowest BCUT2D eigenvalue weighted by atomic mass is 10.0. The predicted molar refractivity (Wildman–Crippen MR) is 56.4 cm³/mol.